The molecule has 1 aromatic heterocycles. The van der Waals surface area contributed by atoms with Gasteiger partial charge in [0.05, 0.1) is 23.6 Å². The van der Waals surface area contributed by atoms with Gasteiger partial charge in [0, 0.05) is 36.6 Å². The van der Waals surface area contributed by atoms with Crippen molar-refractivity contribution in [2.24, 2.45) is 0 Å². The van der Waals surface area contributed by atoms with E-state index in [1.165, 1.54) is 29.2 Å². The number of hydrogen-bond donors (Lipinski definition) is 1. The molecule has 1 fully saturated rings. The highest BCUT2D eigenvalue weighted by Crippen LogP contribution is 2.41. The Morgan fingerprint density at radius 2 is 1.78 bits per heavy atom. The van der Waals surface area contributed by atoms with Crippen molar-refractivity contribution in [1.29, 1.82) is 0 Å². The number of carbonyl (C=O) groups excluding carboxylic acids is 2. The number of nitro benzene ring substituents is 1. The summed E-state index contributed by atoms with van der Waals surface area (Å²) >= 11 is 0. The lowest BCUT2D eigenvalue weighted by molar-refractivity contribution is -0.384. The molecule has 3 aromatic carbocycles. The molecule has 1 atom stereocenters. The predicted octanol–water partition coefficient (Wildman–Crippen LogP) is 4.77. The van der Waals surface area contributed by atoms with E-state index in [1.807, 2.05) is 12.1 Å². The lowest BCUT2D eigenvalue weighted by Crippen LogP contribution is -2.29. The summed E-state index contributed by atoms with van der Waals surface area (Å²) in [6.45, 7) is 0.0639. The topological polar surface area (TPSA) is 123 Å². The van der Waals surface area contributed by atoms with Gasteiger partial charge in [-0.25, -0.2) is 0 Å². The summed E-state index contributed by atoms with van der Waals surface area (Å²) in [4.78, 5) is 42.5. The van der Waals surface area contributed by atoms with Crippen LogP contribution >= 0.6 is 0 Å². The number of aromatic nitrogens is 1. The zero-order chi connectivity index (χ0) is 26.1. The summed E-state index contributed by atoms with van der Waals surface area (Å²) in [6.07, 6.45) is 3.19. The molecule has 0 bridgehead atoms. The molecule has 5 rings (SSSR count). The number of carbonyl (C=O) groups is 2. The van der Waals surface area contributed by atoms with Crippen LogP contribution < -0.4 is 4.74 Å². The van der Waals surface area contributed by atoms with E-state index >= 15 is 0 Å². The molecule has 1 aliphatic heterocycles. The number of ketones is 1. The minimum absolute atomic E-state index is 0.0639. The van der Waals surface area contributed by atoms with E-state index in [-0.39, 0.29) is 23.6 Å². The first-order chi connectivity index (χ1) is 17.9. The van der Waals surface area contributed by atoms with Gasteiger partial charge >= 0.3 is 0 Å². The molecule has 0 saturated carbocycles. The van der Waals surface area contributed by atoms with Crippen LogP contribution in [0, 0.1) is 10.1 Å². The first-order valence-corrected chi connectivity index (χ1v) is 11.4. The lowest BCUT2D eigenvalue weighted by Gasteiger charge is -2.25. The SMILES string of the molecule is COc1ccc2cc(/C(O)=C3\C(=O)C(=O)N(Cc4cccnc4)C3c3ccc([N+](=O)[O-])cc3)ccc2c1. The number of hydrogen-bond acceptors (Lipinski definition) is 7. The fourth-order valence-electron chi connectivity index (χ4n) is 4.51. The number of aliphatic hydroxyl groups is 1. The van der Waals surface area contributed by atoms with E-state index in [0.717, 1.165) is 10.8 Å². The van der Waals surface area contributed by atoms with Crippen molar-refractivity contribution in [3.8, 4) is 5.75 Å². The van der Waals surface area contributed by atoms with Crippen LogP contribution in [0.4, 0.5) is 5.69 Å². The van der Waals surface area contributed by atoms with Crippen LogP contribution in [0.15, 0.2) is 90.8 Å². The standard InChI is InChI=1S/C28H21N3O6/c1-37-23-11-8-19-13-21(5-4-20(19)14-23)26(32)24-25(18-6-9-22(10-7-18)31(35)36)30(28(34)27(24)33)16-17-3-2-12-29-15-17/h2-15,25,32H,16H2,1H3/b26-24+. The van der Waals surface area contributed by atoms with Gasteiger partial charge in [0.15, 0.2) is 0 Å². The Balaban J connectivity index is 1.64. The average molecular weight is 495 g/mol. The van der Waals surface area contributed by atoms with Crippen molar-refractivity contribution in [1.82, 2.24) is 9.88 Å². The number of Topliss-reactive ketones (excluding diaryl/α,β-unsaturated/α-hetero) is 1. The molecule has 4 aromatic rings. The zero-order valence-corrected chi connectivity index (χ0v) is 19.7. The average Bonchev–Trinajstić information content (AvgIpc) is 3.17. The largest absolute Gasteiger partial charge is 0.507 e. The third-order valence-electron chi connectivity index (χ3n) is 6.36. The molecule has 1 N–H and O–H groups in total. The Kier molecular flexibility index (Phi) is 6.10. The summed E-state index contributed by atoms with van der Waals surface area (Å²) in [5.74, 6) is -1.25. The second-order valence-electron chi connectivity index (χ2n) is 8.56. The molecule has 0 spiro atoms. The number of benzene rings is 3. The van der Waals surface area contributed by atoms with Gasteiger partial charge in [-0.1, -0.05) is 24.3 Å². The van der Waals surface area contributed by atoms with Crippen LogP contribution in [0.25, 0.3) is 16.5 Å². The van der Waals surface area contributed by atoms with E-state index in [2.05, 4.69) is 4.98 Å². The molecule has 1 unspecified atom stereocenters. The fraction of sp³-hybridized carbons (Fsp3) is 0.107. The molecular weight excluding hydrogens is 474 g/mol. The van der Waals surface area contributed by atoms with Crippen molar-refractivity contribution in [2.45, 2.75) is 12.6 Å². The zero-order valence-electron chi connectivity index (χ0n) is 19.7. The number of nitro groups is 1. The van der Waals surface area contributed by atoms with E-state index < -0.39 is 22.7 Å². The van der Waals surface area contributed by atoms with E-state index in [9.17, 15) is 24.8 Å². The van der Waals surface area contributed by atoms with Gasteiger partial charge in [-0.05, 0) is 58.3 Å². The van der Waals surface area contributed by atoms with Crippen LogP contribution in [0.3, 0.4) is 0 Å². The molecule has 184 valence electrons. The Labute approximate surface area is 211 Å². The molecule has 37 heavy (non-hydrogen) atoms. The van der Waals surface area contributed by atoms with Crippen molar-refractivity contribution >= 4 is 33.9 Å². The van der Waals surface area contributed by atoms with E-state index in [4.69, 9.17) is 4.74 Å². The van der Waals surface area contributed by atoms with Gasteiger partial charge in [0.1, 0.15) is 11.5 Å². The van der Waals surface area contributed by atoms with Crippen molar-refractivity contribution in [2.75, 3.05) is 7.11 Å². The number of ether oxygens (including phenoxy) is 1. The smallest absolute Gasteiger partial charge is 0.295 e. The number of non-ortho nitro benzene ring substituents is 1. The Morgan fingerprint density at radius 3 is 2.46 bits per heavy atom. The monoisotopic (exact) mass is 495 g/mol. The van der Waals surface area contributed by atoms with Crippen LogP contribution in [0.1, 0.15) is 22.7 Å². The molecule has 2 heterocycles. The highest BCUT2D eigenvalue weighted by Gasteiger charge is 2.46. The minimum Gasteiger partial charge on any atom is -0.507 e. The lowest BCUT2D eigenvalue weighted by atomic mass is 9.94. The minimum atomic E-state index is -0.951. The number of nitrogens with zero attached hydrogens (tertiary/aromatic N) is 3. The van der Waals surface area contributed by atoms with Gasteiger partial charge < -0.3 is 14.7 Å². The molecular formula is C28H21N3O6. The first-order valence-electron chi connectivity index (χ1n) is 11.4. The van der Waals surface area contributed by atoms with Crippen molar-refractivity contribution < 1.29 is 24.4 Å². The highest BCUT2D eigenvalue weighted by atomic mass is 16.6. The van der Waals surface area contributed by atoms with Crippen LogP contribution in [0.2, 0.25) is 0 Å². The van der Waals surface area contributed by atoms with E-state index in [0.29, 0.717) is 22.4 Å². The molecule has 0 radical (unpaired) electrons. The number of methoxy groups -OCH3 is 1. The molecule has 9 nitrogen and oxygen atoms in total. The number of rotatable bonds is 6. The van der Waals surface area contributed by atoms with Crippen LogP contribution in [-0.4, -0.2) is 38.7 Å². The third kappa shape index (κ3) is 4.38. The maximum Gasteiger partial charge on any atom is 0.295 e. The highest BCUT2D eigenvalue weighted by molar-refractivity contribution is 6.46. The Morgan fingerprint density at radius 1 is 1.05 bits per heavy atom. The summed E-state index contributed by atoms with van der Waals surface area (Å²) in [5.41, 5.74) is 1.30. The van der Waals surface area contributed by atoms with Gasteiger partial charge in [-0.15, -0.1) is 0 Å². The quantitative estimate of drug-likeness (QED) is 0.134. The normalized spacial score (nSPS) is 16.8. The predicted molar refractivity (Wildman–Crippen MR) is 136 cm³/mol. The van der Waals surface area contributed by atoms with Gasteiger partial charge in [-0.2, -0.15) is 0 Å². The van der Waals surface area contributed by atoms with Gasteiger partial charge in [-0.3, -0.25) is 24.7 Å². The second kappa shape index (κ2) is 9.54. The summed E-state index contributed by atoms with van der Waals surface area (Å²) in [6, 6.07) is 18.8. The van der Waals surface area contributed by atoms with Crippen molar-refractivity contribution in [3.05, 3.63) is 118 Å². The second-order valence-corrected chi connectivity index (χ2v) is 8.56. The maximum atomic E-state index is 13.3. The van der Waals surface area contributed by atoms with Crippen LogP contribution in [-0.2, 0) is 16.1 Å². The summed E-state index contributed by atoms with van der Waals surface area (Å²) in [7, 11) is 1.57. The number of fused-ring (bicyclic) bond motifs is 1. The number of amides is 1. The Bertz CT molecular complexity index is 1560. The Hall–Kier alpha value is -5.05. The van der Waals surface area contributed by atoms with Gasteiger partial charge in [0.25, 0.3) is 17.4 Å². The fourth-order valence-corrected chi connectivity index (χ4v) is 4.51. The van der Waals surface area contributed by atoms with E-state index in [1.54, 1.807) is 55.9 Å². The van der Waals surface area contributed by atoms with Crippen molar-refractivity contribution in [3.63, 3.8) is 0 Å². The van der Waals surface area contributed by atoms with Crippen LogP contribution in [0.5, 0.6) is 5.75 Å². The molecule has 9 heteroatoms. The molecule has 1 aliphatic rings. The number of pyridine rings is 1. The third-order valence-corrected chi connectivity index (χ3v) is 6.36. The molecule has 1 saturated heterocycles. The number of aliphatic hydroxyl groups excluding tert-OH is 1. The summed E-state index contributed by atoms with van der Waals surface area (Å²) in [5, 5.41) is 24.2. The maximum absolute atomic E-state index is 13.3. The van der Waals surface area contributed by atoms with Gasteiger partial charge in [0.2, 0.25) is 0 Å². The molecule has 1 amide bonds. The molecule has 0 aliphatic carbocycles. The number of likely N-dealkylation sites (tertiary alicyclic amines) is 1. The first kappa shape index (κ1) is 23.7. The summed E-state index contributed by atoms with van der Waals surface area (Å²) < 4.78 is 5.26.